The summed E-state index contributed by atoms with van der Waals surface area (Å²) >= 11 is 0. The van der Waals surface area contributed by atoms with E-state index in [-0.39, 0.29) is 0 Å². The molecule has 8 heteroatoms. The first-order valence-corrected chi connectivity index (χ1v) is 8.24. The summed E-state index contributed by atoms with van der Waals surface area (Å²) in [6, 6.07) is 9.73. The number of aryl methyl sites for hydroxylation is 1. The number of hydrogen-bond acceptors (Lipinski definition) is 5. The summed E-state index contributed by atoms with van der Waals surface area (Å²) in [4.78, 5) is 4.54. The Kier molecular flexibility index (Phi) is 7.71. The average Bonchev–Trinajstić information content (AvgIpc) is 2.95. The quantitative estimate of drug-likeness (QED) is 0.398. The number of ether oxygens (including phenoxy) is 2. The van der Waals surface area contributed by atoms with Crippen molar-refractivity contribution in [3.8, 4) is 5.75 Å². The first-order valence-electron chi connectivity index (χ1n) is 8.24. The largest absolute Gasteiger partial charge is 0.492 e. The van der Waals surface area contributed by atoms with Crippen molar-refractivity contribution in [2.75, 3.05) is 33.4 Å². The maximum Gasteiger partial charge on any atom is 0.191 e. The molecule has 0 fully saturated rings. The predicted octanol–water partition coefficient (Wildman–Crippen LogP) is 0.884. The van der Waals surface area contributed by atoms with Crippen molar-refractivity contribution in [1.82, 2.24) is 25.4 Å². The van der Waals surface area contributed by atoms with Gasteiger partial charge in [0.05, 0.1) is 13.2 Å². The molecule has 1 aromatic heterocycles. The van der Waals surface area contributed by atoms with Crippen molar-refractivity contribution in [3.05, 3.63) is 42.0 Å². The first kappa shape index (κ1) is 18.7. The molecule has 0 aliphatic heterocycles. The lowest BCUT2D eigenvalue weighted by Gasteiger charge is -2.13. The molecule has 0 aliphatic rings. The van der Waals surface area contributed by atoms with Crippen LogP contribution in [0.5, 0.6) is 5.75 Å². The second kappa shape index (κ2) is 10.3. The number of aromatic nitrogens is 3. The van der Waals surface area contributed by atoms with E-state index in [4.69, 9.17) is 9.47 Å². The summed E-state index contributed by atoms with van der Waals surface area (Å²) < 4.78 is 12.7. The highest BCUT2D eigenvalue weighted by atomic mass is 16.5. The van der Waals surface area contributed by atoms with Crippen LogP contribution in [0.25, 0.3) is 0 Å². The number of guanidine groups is 1. The Labute approximate surface area is 148 Å². The van der Waals surface area contributed by atoms with Gasteiger partial charge in [0.25, 0.3) is 0 Å². The Hall–Kier alpha value is -2.61. The van der Waals surface area contributed by atoms with Crippen molar-refractivity contribution in [3.63, 3.8) is 0 Å². The van der Waals surface area contributed by atoms with Crippen LogP contribution in [0, 0.1) is 6.92 Å². The van der Waals surface area contributed by atoms with Crippen LogP contribution >= 0.6 is 0 Å². The van der Waals surface area contributed by atoms with E-state index in [1.807, 2.05) is 48.9 Å². The van der Waals surface area contributed by atoms with Crippen LogP contribution in [0.2, 0.25) is 0 Å². The molecule has 0 amide bonds. The molecule has 1 aromatic carbocycles. The van der Waals surface area contributed by atoms with Gasteiger partial charge in [-0.15, -0.1) is 10.2 Å². The molecule has 2 N–H and O–H groups in total. The van der Waals surface area contributed by atoms with Crippen LogP contribution in [0.4, 0.5) is 0 Å². The predicted molar refractivity (Wildman–Crippen MR) is 96.7 cm³/mol. The zero-order valence-electron chi connectivity index (χ0n) is 15.0. The maximum absolute atomic E-state index is 5.67. The Morgan fingerprint density at radius 2 is 1.84 bits per heavy atom. The van der Waals surface area contributed by atoms with Gasteiger partial charge in [0.1, 0.15) is 24.7 Å². The van der Waals surface area contributed by atoms with E-state index >= 15 is 0 Å². The second-order valence-electron chi connectivity index (χ2n) is 5.40. The fourth-order valence-electron chi connectivity index (χ4n) is 2.04. The lowest BCUT2D eigenvalue weighted by molar-refractivity contribution is 0.203. The number of aliphatic imine (C=N–C) groups is 1. The summed E-state index contributed by atoms with van der Waals surface area (Å²) in [6.07, 6.45) is 0. The average molecular weight is 346 g/mol. The van der Waals surface area contributed by atoms with Crippen molar-refractivity contribution < 1.29 is 9.47 Å². The number of methoxy groups -OCH3 is 1. The topological polar surface area (TPSA) is 85.6 Å². The van der Waals surface area contributed by atoms with Crippen LogP contribution in [0.15, 0.2) is 35.3 Å². The first-order chi connectivity index (χ1) is 12.2. The van der Waals surface area contributed by atoms with E-state index in [1.54, 1.807) is 7.11 Å². The Balaban J connectivity index is 1.83. The van der Waals surface area contributed by atoms with Gasteiger partial charge >= 0.3 is 0 Å². The van der Waals surface area contributed by atoms with Gasteiger partial charge in [-0.2, -0.15) is 0 Å². The van der Waals surface area contributed by atoms with Gasteiger partial charge in [-0.1, -0.05) is 18.2 Å². The molecule has 0 saturated carbocycles. The minimum Gasteiger partial charge on any atom is -0.492 e. The number of para-hydroxylation sites is 1. The van der Waals surface area contributed by atoms with E-state index in [9.17, 15) is 0 Å². The zero-order chi connectivity index (χ0) is 17.9. The highest BCUT2D eigenvalue weighted by Crippen LogP contribution is 2.07. The minimum absolute atomic E-state index is 0.444. The number of benzene rings is 1. The van der Waals surface area contributed by atoms with Crippen LogP contribution < -0.4 is 15.4 Å². The molecular formula is C17H26N6O2. The Morgan fingerprint density at radius 1 is 1.12 bits per heavy atom. The smallest absolute Gasteiger partial charge is 0.191 e. The van der Waals surface area contributed by atoms with Gasteiger partial charge in [-0.25, -0.2) is 4.99 Å². The van der Waals surface area contributed by atoms with Crippen molar-refractivity contribution in [2.24, 2.45) is 12.0 Å². The summed E-state index contributed by atoms with van der Waals surface area (Å²) in [5.74, 6) is 3.22. The van der Waals surface area contributed by atoms with Crippen molar-refractivity contribution in [2.45, 2.75) is 13.5 Å². The van der Waals surface area contributed by atoms with Crippen molar-refractivity contribution in [1.29, 1.82) is 0 Å². The summed E-state index contributed by atoms with van der Waals surface area (Å²) in [5.41, 5.74) is 0. The molecule has 2 aromatic rings. The Bertz CT molecular complexity index is 656. The summed E-state index contributed by atoms with van der Waals surface area (Å²) in [7, 11) is 3.60. The normalized spacial score (nSPS) is 11.4. The van der Waals surface area contributed by atoms with E-state index in [1.165, 1.54) is 0 Å². The lowest BCUT2D eigenvalue weighted by atomic mass is 10.3. The number of rotatable bonds is 9. The standard InChI is InChI=1S/C17H26N6O2/c1-14-21-22-16(23(14)2)13-20-17(18-9-11-24-3)19-10-12-25-15-7-5-4-6-8-15/h4-8H,9-13H2,1-3H3,(H2,18,19,20). The number of hydrogen-bond donors (Lipinski definition) is 2. The van der Waals surface area contributed by atoms with E-state index in [0.29, 0.717) is 38.8 Å². The van der Waals surface area contributed by atoms with E-state index in [0.717, 1.165) is 17.4 Å². The third-order valence-corrected chi connectivity index (χ3v) is 3.57. The van der Waals surface area contributed by atoms with Crippen LogP contribution in [-0.4, -0.2) is 54.1 Å². The van der Waals surface area contributed by atoms with Crippen LogP contribution in [0.3, 0.4) is 0 Å². The van der Waals surface area contributed by atoms with E-state index in [2.05, 4.69) is 25.8 Å². The highest BCUT2D eigenvalue weighted by molar-refractivity contribution is 5.79. The third-order valence-electron chi connectivity index (χ3n) is 3.57. The zero-order valence-corrected chi connectivity index (χ0v) is 15.0. The fraction of sp³-hybridized carbons (Fsp3) is 0.471. The summed E-state index contributed by atoms with van der Waals surface area (Å²) in [5, 5.41) is 14.6. The van der Waals surface area contributed by atoms with Gasteiger partial charge in [-0.3, -0.25) is 0 Å². The fourth-order valence-corrected chi connectivity index (χ4v) is 2.04. The van der Waals surface area contributed by atoms with Crippen LogP contribution in [0.1, 0.15) is 11.6 Å². The van der Waals surface area contributed by atoms with Gasteiger partial charge < -0.3 is 24.7 Å². The lowest BCUT2D eigenvalue weighted by Crippen LogP contribution is -2.40. The molecule has 25 heavy (non-hydrogen) atoms. The molecule has 2 rings (SSSR count). The Morgan fingerprint density at radius 3 is 2.48 bits per heavy atom. The van der Waals surface area contributed by atoms with Crippen molar-refractivity contribution >= 4 is 5.96 Å². The molecule has 0 atom stereocenters. The van der Waals surface area contributed by atoms with Gasteiger partial charge in [0.15, 0.2) is 11.8 Å². The molecule has 0 spiro atoms. The molecule has 0 unspecified atom stereocenters. The number of nitrogens with one attached hydrogen (secondary N) is 2. The second-order valence-corrected chi connectivity index (χ2v) is 5.40. The molecule has 0 saturated heterocycles. The third kappa shape index (κ3) is 6.42. The number of nitrogens with zero attached hydrogens (tertiary/aromatic N) is 4. The van der Waals surface area contributed by atoms with E-state index < -0.39 is 0 Å². The SMILES string of the molecule is COCCNC(=NCc1nnc(C)n1C)NCCOc1ccccc1. The highest BCUT2D eigenvalue weighted by Gasteiger charge is 2.05. The molecular weight excluding hydrogens is 320 g/mol. The molecule has 136 valence electrons. The minimum atomic E-state index is 0.444. The van der Waals surface area contributed by atoms with Gasteiger partial charge in [-0.05, 0) is 19.1 Å². The maximum atomic E-state index is 5.67. The molecule has 0 radical (unpaired) electrons. The molecule has 1 heterocycles. The molecule has 8 nitrogen and oxygen atoms in total. The summed E-state index contributed by atoms with van der Waals surface area (Å²) in [6.45, 7) is 4.80. The van der Waals surface area contributed by atoms with Gasteiger partial charge in [0.2, 0.25) is 0 Å². The molecule has 0 aliphatic carbocycles. The molecule has 0 bridgehead atoms. The van der Waals surface area contributed by atoms with Gasteiger partial charge in [0, 0.05) is 20.7 Å². The monoisotopic (exact) mass is 346 g/mol. The van der Waals surface area contributed by atoms with Crippen LogP contribution in [-0.2, 0) is 18.3 Å².